The molecule has 3 rings (SSSR count). The van der Waals surface area contributed by atoms with Crippen molar-refractivity contribution in [2.24, 2.45) is 29.1 Å². The molecule has 3 fully saturated rings. The first kappa shape index (κ1) is 4.76. The summed E-state index contributed by atoms with van der Waals surface area (Å²) in [5.74, 6) is 4.68. The largest absolute Gasteiger partial charge is 0.0622 e. The molecule has 0 aliphatic heterocycles. The number of fused-ring (bicyclic) bond motifs is 1. The molecule has 2 atom stereocenters. The Morgan fingerprint density at radius 3 is 1.89 bits per heavy atom. The van der Waals surface area contributed by atoms with E-state index in [1.165, 1.54) is 17.8 Å². The molecular weight excluding hydrogens is 108 g/mol. The van der Waals surface area contributed by atoms with E-state index in [1.54, 1.807) is 12.8 Å². The van der Waals surface area contributed by atoms with Crippen molar-refractivity contribution in [1.29, 1.82) is 0 Å². The highest BCUT2D eigenvalue weighted by Crippen LogP contribution is 2.86. The maximum Gasteiger partial charge on any atom is -0.0235 e. The van der Waals surface area contributed by atoms with E-state index in [4.69, 9.17) is 0 Å². The van der Waals surface area contributed by atoms with Crippen LogP contribution in [0.2, 0.25) is 0 Å². The average Bonchev–Trinajstić information content (AvgIpc) is 2.23. The Morgan fingerprint density at radius 1 is 1.22 bits per heavy atom. The maximum atomic E-state index is 2.41. The Morgan fingerprint density at radius 2 is 1.78 bits per heavy atom. The molecule has 0 amide bonds. The molecule has 0 N–H and O–H groups in total. The third-order valence-electron chi connectivity index (χ3n) is 4.38. The fourth-order valence-corrected chi connectivity index (χ4v) is 3.62. The predicted octanol–water partition coefficient (Wildman–Crippen LogP) is 2.30. The molecule has 0 nitrogen and oxygen atoms in total. The van der Waals surface area contributed by atoms with Crippen LogP contribution in [0.1, 0.15) is 26.7 Å². The summed E-state index contributed by atoms with van der Waals surface area (Å²) in [6.45, 7) is 4.82. The second-order valence-electron chi connectivity index (χ2n) is 4.65. The second-order valence-corrected chi connectivity index (χ2v) is 4.65. The first-order valence-corrected chi connectivity index (χ1v) is 4.26. The van der Waals surface area contributed by atoms with Crippen LogP contribution < -0.4 is 0 Å². The number of rotatable bonds is 1. The minimum atomic E-state index is 0.898. The average molecular weight is 122 g/mol. The van der Waals surface area contributed by atoms with Gasteiger partial charge in [0, 0.05) is 0 Å². The van der Waals surface area contributed by atoms with E-state index in [1.807, 2.05) is 0 Å². The summed E-state index contributed by atoms with van der Waals surface area (Å²) >= 11 is 0. The van der Waals surface area contributed by atoms with Crippen molar-refractivity contribution in [3.63, 3.8) is 0 Å². The molecule has 0 heterocycles. The van der Waals surface area contributed by atoms with Crippen molar-refractivity contribution in [2.45, 2.75) is 26.7 Å². The van der Waals surface area contributed by atoms with Gasteiger partial charge in [0.1, 0.15) is 0 Å². The number of hydrogen-bond donors (Lipinski definition) is 0. The Bertz CT molecular complexity index is 153. The molecule has 0 saturated heterocycles. The molecule has 0 radical (unpaired) electrons. The molecule has 3 saturated carbocycles. The van der Waals surface area contributed by atoms with Crippen molar-refractivity contribution >= 4 is 0 Å². The van der Waals surface area contributed by atoms with Crippen LogP contribution >= 0.6 is 0 Å². The zero-order valence-electron chi connectivity index (χ0n) is 6.22. The molecule has 0 aromatic carbocycles. The van der Waals surface area contributed by atoms with E-state index >= 15 is 0 Å². The Labute approximate surface area is 56.6 Å². The topological polar surface area (TPSA) is 0 Å². The lowest BCUT2D eigenvalue weighted by molar-refractivity contribution is 0.00729. The van der Waals surface area contributed by atoms with Gasteiger partial charge in [-0.05, 0) is 41.9 Å². The lowest BCUT2D eigenvalue weighted by Crippen LogP contribution is -2.41. The highest BCUT2D eigenvalue weighted by atomic mass is 14.8. The third kappa shape index (κ3) is 0.281. The summed E-state index contributed by atoms with van der Waals surface area (Å²) in [7, 11) is 0. The van der Waals surface area contributed by atoms with Crippen LogP contribution in [0.5, 0.6) is 0 Å². The minimum Gasteiger partial charge on any atom is -0.0622 e. The van der Waals surface area contributed by atoms with Crippen molar-refractivity contribution < 1.29 is 0 Å². The third-order valence-corrected chi connectivity index (χ3v) is 4.38. The fraction of sp³-hybridized carbons (Fsp3) is 1.00. The molecule has 9 heavy (non-hydrogen) atoms. The van der Waals surface area contributed by atoms with E-state index in [0.717, 1.165) is 11.3 Å². The Balaban J connectivity index is 1.92. The van der Waals surface area contributed by atoms with Crippen LogP contribution in [0.3, 0.4) is 0 Å². The smallest absolute Gasteiger partial charge is 0.0235 e. The first-order chi connectivity index (χ1) is 4.26. The van der Waals surface area contributed by atoms with Crippen molar-refractivity contribution in [3.05, 3.63) is 0 Å². The minimum absolute atomic E-state index is 0.898. The monoisotopic (exact) mass is 122 g/mol. The summed E-state index contributed by atoms with van der Waals surface area (Å²) in [6, 6.07) is 0. The molecule has 0 bridgehead atoms. The first-order valence-electron chi connectivity index (χ1n) is 4.26. The summed E-state index contributed by atoms with van der Waals surface area (Å²) < 4.78 is 0. The summed E-state index contributed by atoms with van der Waals surface area (Å²) in [6.07, 6.45) is 3.19. The second kappa shape index (κ2) is 0.980. The van der Waals surface area contributed by atoms with Gasteiger partial charge in [0.05, 0.1) is 0 Å². The molecule has 0 heteroatoms. The van der Waals surface area contributed by atoms with E-state index in [-0.39, 0.29) is 0 Å². The molecule has 0 aromatic rings. The van der Waals surface area contributed by atoms with E-state index in [9.17, 15) is 0 Å². The van der Waals surface area contributed by atoms with Crippen LogP contribution in [-0.4, -0.2) is 0 Å². The van der Waals surface area contributed by atoms with Crippen LogP contribution in [0.25, 0.3) is 0 Å². The van der Waals surface area contributed by atoms with Gasteiger partial charge in [-0.2, -0.15) is 0 Å². The van der Waals surface area contributed by atoms with E-state index in [2.05, 4.69) is 13.8 Å². The maximum absolute atomic E-state index is 2.41. The molecule has 3 aliphatic rings. The zero-order valence-corrected chi connectivity index (χ0v) is 6.22. The van der Waals surface area contributed by atoms with Gasteiger partial charge in [-0.25, -0.2) is 0 Å². The van der Waals surface area contributed by atoms with Crippen LogP contribution in [-0.2, 0) is 0 Å². The standard InChI is InChI=1S/C9H14/c1-5(2)9-3-6-7(4-9)8(6)9/h5-8H,3-4H2,1-2H3. The quantitative estimate of drug-likeness (QED) is 0.500. The lowest BCUT2D eigenvalue weighted by atomic mass is 9.57. The summed E-state index contributed by atoms with van der Waals surface area (Å²) in [4.78, 5) is 0. The summed E-state index contributed by atoms with van der Waals surface area (Å²) in [5, 5.41) is 0. The SMILES string of the molecule is CC(C)C12CC3C(C1)C32. The summed E-state index contributed by atoms with van der Waals surface area (Å²) in [5.41, 5.74) is 0.898. The normalized spacial score (nSPS) is 66.3. The van der Waals surface area contributed by atoms with Gasteiger partial charge >= 0.3 is 0 Å². The Hall–Kier alpha value is 0. The van der Waals surface area contributed by atoms with Crippen LogP contribution in [0, 0.1) is 29.1 Å². The Kier molecular flexibility index (Phi) is 0.518. The molecule has 0 aromatic heterocycles. The highest BCUT2D eigenvalue weighted by Gasteiger charge is 2.80. The highest BCUT2D eigenvalue weighted by molar-refractivity contribution is 5.28. The van der Waals surface area contributed by atoms with E-state index < -0.39 is 0 Å². The van der Waals surface area contributed by atoms with Crippen molar-refractivity contribution in [2.75, 3.05) is 0 Å². The number of hydrogen-bond acceptors (Lipinski definition) is 0. The van der Waals surface area contributed by atoms with Gasteiger partial charge in [-0.1, -0.05) is 13.8 Å². The molecular formula is C9H14. The van der Waals surface area contributed by atoms with Crippen LogP contribution in [0.15, 0.2) is 0 Å². The molecule has 0 spiro atoms. The lowest BCUT2D eigenvalue weighted by Gasteiger charge is -2.48. The van der Waals surface area contributed by atoms with Crippen molar-refractivity contribution in [1.82, 2.24) is 0 Å². The molecule has 2 unspecified atom stereocenters. The van der Waals surface area contributed by atoms with Gasteiger partial charge in [0.25, 0.3) is 0 Å². The van der Waals surface area contributed by atoms with Gasteiger partial charge < -0.3 is 0 Å². The predicted molar refractivity (Wildman–Crippen MR) is 37.0 cm³/mol. The van der Waals surface area contributed by atoms with Crippen LogP contribution in [0.4, 0.5) is 0 Å². The molecule has 3 aliphatic carbocycles. The zero-order chi connectivity index (χ0) is 6.22. The van der Waals surface area contributed by atoms with Gasteiger partial charge in [-0.15, -0.1) is 0 Å². The van der Waals surface area contributed by atoms with Gasteiger partial charge in [-0.3, -0.25) is 0 Å². The van der Waals surface area contributed by atoms with Gasteiger partial charge in [0.15, 0.2) is 0 Å². The molecule has 50 valence electrons. The fourth-order valence-electron chi connectivity index (χ4n) is 3.62. The van der Waals surface area contributed by atoms with Crippen molar-refractivity contribution in [3.8, 4) is 0 Å². The van der Waals surface area contributed by atoms with Gasteiger partial charge in [0.2, 0.25) is 0 Å². The van der Waals surface area contributed by atoms with E-state index in [0.29, 0.717) is 0 Å².